The first-order valence-corrected chi connectivity index (χ1v) is 3.55. The topological polar surface area (TPSA) is 0 Å². The first-order chi connectivity index (χ1) is 4.16. The molecule has 0 atom stereocenters. The summed E-state index contributed by atoms with van der Waals surface area (Å²) in [5.74, 6) is 0. The third-order valence-electron chi connectivity index (χ3n) is 0.766. The van der Waals surface area contributed by atoms with Crippen LogP contribution in [-0.4, -0.2) is 0 Å². The van der Waals surface area contributed by atoms with Gasteiger partial charge in [-0.3, -0.25) is 0 Å². The Hall–Kier alpha value is -0.0800. The molecule has 0 aliphatic carbocycles. The highest BCUT2D eigenvalue weighted by Gasteiger charge is 1.84. The fourth-order valence-electron chi connectivity index (χ4n) is 0.282. The van der Waals surface area contributed by atoms with E-state index in [0.29, 0.717) is 0 Å². The Labute approximate surface area is 67.2 Å². The molecule has 0 aliphatic heterocycles. The van der Waals surface area contributed by atoms with Crippen LogP contribution in [0.25, 0.3) is 0 Å². The van der Waals surface area contributed by atoms with Crippen molar-refractivity contribution in [1.29, 1.82) is 0 Å². The van der Waals surface area contributed by atoms with E-state index in [0.717, 1.165) is 9.81 Å². The van der Waals surface area contributed by atoms with Gasteiger partial charge in [-0.15, -0.1) is 12.6 Å². The molecule has 0 N–H and O–H groups in total. The highest BCUT2D eigenvalue weighted by Crippen LogP contribution is 2.00. The predicted octanol–water partition coefficient (Wildman–Crippen LogP) is 1.90. The van der Waals surface area contributed by atoms with E-state index in [-0.39, 0.29) is 0 Å². The van der Waals surface area contributed by atoms with Gasteiger partial charge in [-0.1, -0.05) is 6.58 Å². The molecule has 0 amide bonds. The van der Waals surface area contributed by atoms with E-state index in [1.165, 1.54) is 0 Å². The number of hydrogen-bond donors (Lipinski definition) is 1. The molecule has 0 saturated carbocycles. The molecular formula is C7H11S2+. The molecule has 0 unspecified atom stereocenters. The second kappa shape index (κ2) is 4.77. The summed E-state index contributed by atoms with van der Waals surface area (Å²) in [5, 5.41) is 0. The van der Waals surface area contributed by atoms with Gasteiger partial charge in [0.25, 0.3) is 0 Å². The van der Waals surface area contributed by atoms with Crippen LogP contribution < -0.4 is 0 Å². The van der Waals surface area contributed by atoms with Crippen LogP contribution in [0.1, 0.15) is 6.92 Å². The van der Waals surface area contributed by atoms with Crippen molar-refractivity contribution >= 4 is 25.3 Å². The maximum Gasteiger partial charge on any atom is 0.146 e. The van der Waals surface area contributed by atoms with Crippen LogP contribution in [0.4, 0.5) is 0 Å². The minimum Gasteiger partial charge on any atom is -0.144 e. The zero-order valence-corrected chi connectivity index (χ0v) is 7.28. The Morgan fingerprint density at radius 2 is 2.11 bits per heavy atom. The fourth-order valence-corrected chi connectivity index (χ4v) is 0.440. The van der Waals surface area contributed by atoms with Crippen molar-refractivity contribution in [3.63, 3.8) is 0 Å². The van der Waals surface area contributed by atoms with Gasteiger partial charge in [-0.25, -0.2) is 0 Å². The van der Waals surface area contributed by atoms with E-state index in [4.69, 9.17) is 0 Å². The first-order valence-electron chi connectivity index (χ1n) is 2.60. The number of hydrogen-bond acceptors (Lipinski definition) is 1. The average molecular weight is 159 g/mol. The summed E-state index contributed by atoms with van der Waals surface area (Å²) in [6.07, 6.45) is 5.67. The van der Waals surface area contributed by atoms with Crippen molar-refractivity contribution in [3.8, 4) is 0 Å². The molecule has 9 heavy (non-hydrogen) atoms. The first kappa shape index (κ1) is 8.92. The molecule has 0 aromatic heterocycles. The molecule has 0 aromatic carbocycles. The van der Waals surface area contributed by atoms with Crippen molar-refractivity contribution in [2.45, 2.75) is 6.92 Å². The van der Waals surface area contributed by atoms with Crippen molar-refractivity contribution in [2.24, 2.45) is 0 Å². The Balaban J connectivity index is 3.86. The van der Waals surface area contributed by atoms with Crippen molar-refractivity contribution < 1.29 is 0 Å². The maximum atomic E-state index is 3.98. The molecule has 0 nitrogen and oxygen atoms in total. The largest absolute Gasteiger partial charge is 0.146 e. The van der Waals surface area contributed by atoms with Crippen LogP contribution in [0.15, 0.2) is 34.6 Å². The molecule has 0 saturated heterocycles. The summed E-state index contributed by atoms with van der Waals surface area (Å²) in [5.41, 5.74) is 0. The van der Waals surface area contributed by atoms with Crippen molar-refractivity contribution in [3.05, 3.63) is 34.6 Å². The predicted molar refractivity (Wildman–Crippen MR) is 51.2 cm³/mol. The minimum atomic E-state index is 0.757. The second-order valence-electron chi connectivity index (χ2n) is 1.57. The molecule has 0 spiro atoms. The standard InChI is InChI=1S/C7H10S2/c1-3-7(9)5-4-6(2)8/h3-5,8-9H,2H2,1H3/p+1/b5-4-,7-3+. The van der Waals surface area contributed by atoms with Crippen LogP contribution in [-0.2, 0) is 12.6 Å². The maximum absolute atomic E-state index is 3.98. The van der Waals surface area contributed by atoms with Gasteiger partial charge < -0.3 is 0 Å². The Kier molecular flexibility index (Phi) is 4.72. The molecule has 0 heterocycles. The summed E-state index contributed by atoms with van der Waals surface area (Å²) >= 11 is 7.33. The summed E-state index contributed by atoms with van der Waals surface area (Å²) < 4.78 is 0. The Morgan fingerprint density at radius 3 is 2.44 bits per heavy atom. The lowest BCUT2D eigenvalue weighted by Gasteiger charge is -1.80. The average Bonchev–Trinajstić information content (AvgIpc) is 1.83. The summed E-state index contributed by atoms with van der Waals surface area (Å²) in [4.78, 5) is 1.79. The van der Waals surface area contributed by atoms with Gasteiger partial charge >= 0.3 is 0 Å². The fraction of sp³-hybridized carbons (Fsp3) is 0.143. The van der Waals surface area contributed by atoms with Crippen LogP contribution in [0.2, 0.25) is 0 Å². The van der Waals surface area contributed by atoms with Gasteiger partial charge in [0.1, 0.15) is 4.91 Å². The van der Waals surface area contributed by atoms with E-state index >= 15 is 0 Å². The molecule has 0 rings (SSSR count). The van der Waals surface area contributed by atoms with E-state index in [1.54, 1.807) is 0 Å². The highest BCUT2D eigenvalue weighted by atomic mass is 32.1. The van der Waals surface area contributed by atoms with E-state index in [9.17, 15) is 0 Å². The number of thiol groups is 1. The Morgan fingerprint density at radius 1 is 1.56 bits per heavy atom. The van der Waals surface area contributed by atoms with Gasteiger partial charge in [0.2, 0.25) is 0 Å². The SMILES string of the molecule is C=C(S)/C=C\C([SH2+])=C/C. The van der Waals surface area contributed by atoms with E-state index in [2.05, 4.69) is 31.8 Å². The third kappa shape index (κ3) is 5.80. The normalized spacial score (nSPS) is 12.6. The van der Waals surface area contributed by atoms with Gasteiger partial charge in [0, 0.05) is 0 Å². The molecule has 2 heteroatoms. The highest BCUT2D eigenvalue weighted by molar-refractivity contribution is 7.84. The Bertz CT molecular complexity index is 154. The third-order valence-corrected chi connectivity index (χ3v) is 1.37. The van der Waals surface area contributed by atoms with E-state index < -0.39 is 0 Å². The van der Waals surface area contributed by atoms with Crippen LogP contribution in [0.3, 0.4) is 0 Å². The molecule has 0 fully saturated rings. The molecule has 0 aliphatic rings. The van der Waals surface area contributed by atoms with E-state index in [1.807, 2.05) is 25.2 Å². The quantitative estimate of drug-likeness (QED) is 0.355. The summed E-state index contributed by atoms with van der Waals surface area (Å²) in [7, 11) is 0. The van der Waals surface area contributed by atoms with Crippen LogP contribution in [0, 0.1) is 0 Å². The monoisotopic (exact) mass is 159 g/mol. The number of rotatable bonds is 2. The summed E-state index contributed by atoms with van der Waals surface area (Å²) in [6.45, 7) is 5.54. The minimum absolute atomic E-state index is 0.757. The second-order valence-corrected chi connectivity index (χ2v) is 2.72. The molecule has 50 valence electrons. The van der Waals surface area contributed by atoms with Gasteiger partial charge in [-0.2, -0.15) is 0 Å². The lowest BCUT2D eigenvalue weighted by atomic mass is 10.4. The van der Waals surface area contributed by atoms with Crippen molar-refractivity contribution in [2.75, 3.05) is 0 Å². The van der Waals surface area contributed by atoms with Gasteiger partial charge in [-0.05, 0) is 42.7 Å². The molecule has 0 bridgehead atoms. The molecule has 0 radical (unpaired) electrons. The van der Waals surface area contributed by atoms with Gasteiger partial charge in [0.15, 0.2) is 0 Å². The lowest BCUT2D eigenvalue weighted by molar-refractivity contribution is 1.70. The van der Waals surface area contributed by atoms with Crippen LogP contribution in [0.5, 0.6) is 0 Å². The van der Waals surface area contributed by atoms with Gasteiger partial charge in [0.05, 0.1) is 0 Å². The molecular weight excluding hydrogens is 148 g/mol. The summed E-state index contributed by atoms with van der Waals surface area (Å²) in [6, 6.07) is 0. The van der Waals surface area contributed by atoms with Crippen LogP contribution >= 0.6 is 12.6 Å². The smallest absolute Gasteiger partial charge is 0.144 e. The zero-order chi connectivity index (χ0) is 7.28. The van der Waals surface area contributed by atoms with Crippen molar-refractivity contribution in [1.82, 2.24) is 0 Å². The lowest BCUT2D eigenvalue weighted by Crippen LogP contribution is -1.65. The number of allylic oxidation sites excluding steroid dienone is 3. The zero-order valence-electron chi connectivity index (χ0n) is 5.39. The molecule has 0 aromatic rings.